The van der Waals surface area contributed by atoms with Crippen LogP contribution in [0.2, 0.25) is 0 Å². The molecular weight excluding hydrogens is 334 g/mol. The maximum absolute atomic E-state index is 6.02. The van der Waals surface area contributed by atoms with Crippen molar-refractivity contribution in [2.24, 2.45) is 0 Å². The Balaban J connectivity index is 1.75. The van der Waals surface area contributed by atoms with E-state index in [0.29, 0.717) is 11.7 Å². The molecule has 0 spiro atoms. The topological polar surface area (TPSA) is 85.8 Å². The molecule has 0 unspecified atom stereocenters. The second-order valence-corrected chi connectivity index (χ2v) is 7.72. The van der Waals surface area contributed by atoms with Crippen molar-refractivity contribution in [3.63, 3.8) is 0 Å². The van der Waals surface area contributed by atoms with Gasteiger partial charge in [0.15, 0.2) is 5.16 Å². The van der Waals surface area contributed by atoms with Crippen LogP contribution in [0.25, 0.3) is 0 Å². The first-order chi connectivity index (χ1) is 12.1. The molecule has 1 aliphatic heterocycles. The lowest BCUT2D eigenvalue weighted by Crippen LogP contribution is -2.28. The number of nitrogens with two attached hydrogens (primary N) is 1. The number of hydrogen-bond acceptors (Lipinski definition) is 7. The van der Waals surface area contributed by atoms with Crippen molar-refractivity contribution in [3.8, 4) is 0 Å². The van der Waals surface area contributed by atoms with Crippen LogP contribution in [-0.4, -0.2) is 43.6 Å². The van der Waals surface area contributed by atoms with Crippen LogP contribution in [0.3, 0.4) is 0 Å². The monoisotopic (exact) mass is 361 g/mol. The summed E-state index contributed by atoms with van der Waals surface area (Å²) >= 11 is 1.68. The second-order valence-electron chi connectivity index (χ2n) is 6.65. The Morgan fingerprint density at radius 3 is 2.80 bits per heavy atom. The fourth-order valence-corrected chi connectivity index (χ4v) is 3.91. The van der Waals surface area contributed by atoms with E-state index in [4.69, 9.17) is 10.7 Å². The summed E-state index contributed by atoms with van der Waals surface area (Å²) in [6.07, 6.45) is 3.20. The Morgan fingerprint density at radius 1 is 1.20 bits per heavy atom. The molecule has 25 heavy (non-hydrogen) atoms. The van der Waals surface area contributed by atoms with Crippen LogP contribution in [0.15, 0.2) is 11.2 Å². The number of hydrogen-bond donors (Lipinski definition) is 1. The molecule has 136 valence electrons. The van der Waals surface area contributed by atoms with Crippen molar-refractivity contribution in [2.75, 3.05) is 29.5 Å². The zero-order chi connectivity index (χ0) is 17.8. The Bertz CT molecular complexity index is 713. The third-order valence-corrected chi connectivity index (χ3v) is 5.27. The van der Waals surface area contributed by atoms with Gasteiger partial charge in [-0.2, -0.15) is 0 Å². The van der Waals surface area contributed by atoms with E-state index in [1.807, 2.05) is 6.07 Å². The summed E-state index contributed by atoms with van der Waals surface area (Å²) in [4.78, 5) is 11.4. The van der Waals surface area contributed by atoms with Crippen LogP contribution in [-0.2, 0) is 13.0 Å². The highest BCUT2D eigenvalue weighted by atomic mass is 32.2. The predicted octanol–water partition coefficient (Wildman–Crippen LogP) is 2.73. The van der Waals surface area contributed by atoms with E-state index in [1.165, 1.54) is 6.42 Å². The van der Waals surface area contributed by atoms with Gasteiger partial charge in [0.25, 0.3) is 0 Å². The summed E-state index contributed by atoms with van der Waals surface area (Å²) in [6.45, 7) is 9.12. The van der Waals surface area contributed by atoms with Gasteiger partial charge in [0.2, 0.25) is 0 Å². The molecule has 8 heteroatoms. The van der Waals surface area contributed by atoms with Crippen LogP contribution >= 0.6 is 11.8 Å². The lowest BCUT2D eigenvalue weighted by atomic mass is 10.2. The molecule has 1 aliphatic rings. The molecule has 0 radical (unpaired) electrons. The molecule has 2 aromatic rings. The maximum Gasteiger partial charge on any atom is 0.191 e. The third-order valence-electron chi connectivity index (χ3n) is 4.34. The molecule has 0 amide bonds. The van der Waals surface area contributed by atoms with Crippen molar-refractivity contribution >= 4 is 23.4 Å². The van der Waals surface area contributed by atoms with Crippen molar-refractivity contribution in [1.82, 2.24) is 24.7 Å². The number of nitrogen functional groups attached to an aromatic ring is 1. The summed E-state index contributed by atoms with van der Waals surface area (Å²) in [7, 11) is 0. The number of unbranched alkanes of at least 4 members (excludes halogenated alkanes) is 1. The smallest absolute Gasteiger partial charge is 0.191 e. The number of aromatic nitrogens is 5. The minimum atomic E-state index is 0.379. The van der Waals surface area contributed by atoms with Gasteiger partial charge in [-0.05, 0) is 6.42 Å². The van der Waals surface area contributed by atoms with E-state index >= 15 is 0 Å². The Labute approximate surface area is 153 Å². The molecule has 2 aromatic heterocycles. The summed E-state index contributed by atoms with van der Waals surface area (Å²) in [5.41, 5.74) is 6.02. The Kier molecular flexibility index (Phi) is 5.78. The lowest BCUT2D eigenvalue weighted by Gasteiger charge is -2.22. The highest BCUT2D eigenvalue weighted by Crippen LogP contribution is 2.23. The molecule has 2 N–H and O–H groups in total. The van der Waals surface area contributed by atoms with Crippen molar-refractivity contribution < 1.29 is 0 Å². The van der Waals surface area contributed by atoms with Crippen LogP contribution < -0.4 is 10.6 Å². The van der Waals surface area contributed by atoms with Gasteiger partial charge in [-0.1, -0.05) is 39.0 Å². The van der Waals surface area contributed by atoms with Crippen LogP contribution in [0.1, 0.15) is 51.2 Å². The molecule has 0 saturated carbocycles. The van der Waals surface area contributed by atoms with Crippen LogP contribution in [0.5, 0.6) is 0 Å². The van der Waals surface area contributed by atoms with Gasteiger partial charge in [0.1, 0.15) is 23.3 Å². The average molecular weight is 362 g/mol. The highest BCUT2D eigenvalue weighted by molar-refractivity contribution is 7.99. The van der Waals surface area contributed by atoms with Gasteiger partial charge in [-0.15, -0.1) is 10.2 Å². The van der Waals surface area contributed by atoms with Gasteiger partial charge in [-0.3, -0.25) is 0 Å². The highest BCUT2D eigenvalue weighted by Gasteiger charge is 2.21. The minimum absolute atomic E-state index is 0.379. The molecule has 0 bridgehead atoms. The van der Waals surface area contributed by atoms with Gasteiger partial charge in [-0.25, -0.2) is 9.97 Å². The molecule has 0 fully saturated rings. The van der Waals surface area contributed by atoms with Gasteiger partial charge >= 0.3 is 0 Å². The van der Waals surface area contributed by atoms with Gasteiger partial charge in [0, 0.05) is 43.8 Å². The number of fused-ring (bicyclic) bond motifs is 1. The van der Waals surface area contributed by atoms with E-state index in [9.17, 15) is 0 Å². The zero-order valence-corrected chi connectivity index (χ0v) is 16.1. The lowest BCUT2D eigenvalue weighted by molar-refractivity contribution is 0.616. The van der Waals surface area contributed by atoms with E-state index in [0.717, 1.165) is 60.9 Å². The summed E-state index contributed by atoms with van der Waals surface area (Å²) < 4.78 is 2.26. The third kappa shape index (κ3) is 4.23. The molecule has 0 aliphatic carbocycles. The first-order valence-corrected chi connectivity index (χ1v) is 10.0. The summed E-state index contributed by atoms with van der Waals surface area (Å²) in [6, 6.07) is 1.87. The van der Waals surface area contributed by atoms with Crippen LogP contribution in [0.4, 0.5) is 11.6 Å². The molecular formula is C17H27N7S. The van der Waals surface area contributed by atoms with E-state index in [-0.39, 0.29) is 0 Å². The number of thioether (sulfide) groups is 1. The first kappa shape index (κ1) is 18.0. The largest absolute Gasteiger partial charge is 0.383 e. The zero-order valence-electron chi connectivity index (χ0n) is 15.3. The van der Waals surface area contributed by atoms with Gasteiger partial charge < -0.3 is 15.2 Å². The molecule has 0 aromatic carbocycles. The molecule has 7 nitrogen and oxygen atoms in total. The Morgan fingerprint density at radius 2 is 2.04 bits per heavy atom. The van der Waals surface area contributed by atoms with E-state index < -0.39 is 0 Å². The minimum Gasteiger partial charge on any atom is -0.383 e. The van der Waals surface area contributed by atoms with Gasteiger partial charge in [0.05, 0.1) is 0 Å². The molecule has 0 atom stereocenters. The summed E-state index contributed by atoms with van der Waals surface area (Å²) in [5.74, 6) is 4.98. The summed E-state index contributed by atoms with van der Waals surface area (Å²) in [5, 5.41) is 9.50. The van der Waals surface area contributed by atoms with Crippen molar-refractivity contribution in [3.05, 3.63) is 17.7 Å². The quantitative estimate of drug-likeness (QED) is 0.481. The fraction of sp³-hybridized carbons (Fsp3) is 0.647. The van der Waals surface area contributed by atoms with Crippen molar-refractivity contribution in [2.45, 2.75) is 57.7 Å². The second kappa shape index (κ2) is 8.03. The average Bonchev–Trinajstić information content (AvgIpc) is 2.87. The normalized spacial score (nSPS) is 14.6. The molecule has 3 rings (SSSR count). The number of anilines is 2. The predicted molar refractivity (Wildman–Crippen MR) is 102 cm³/mol. The molecule has 0 saturated heterocycles. The number of nitrogens with zero attached hydrogens (tertiary/aromatic N) is 6. The standard InChI is InChI=1S/C17H27N7S/c1-4-5-10-25-17-19-13(18)11-15(20-17)23-7-6-14-21-22-16(12(2)3)24(14)9-8-23/h11-12H,4-10H2,1-3H3,(H2,18,19,20). The number of rotatable bonds is 6. The fourth-order valence-electron chi connectivity index (χ4n) is 2.97. The van der Waals surface area contributed by atoms with E-state index in [2.05, 4.69) is 45.4 Å². The van der Waals surface area contributed by atoms with Crippen molar-refractivity contribution in [1.29, 1.82) is 0 Å². The Hall–Kier alpha value is -1.83. The molecule has 3 heterocycles. The van der Waals surface area contributed by atoms with Crippen LogP contribution in [0, 0.1) is 0 Å². The SMILES string of the molecule is CCCCSc1nc(N)cc(N2CCc3nnc(C(C)C)n3CC2)n1. The maximum atomic E-state index is 6.02. The van der Waals surface area contributed by atoms with E-state index in [1.54, 1.807) is 11.8 Å². The first-order valence-electron chi connectivity index (χ1n) is 9.02.